The van der Waals surface area contributed by atoms with Gasteiger partial charge in [-0.3, -0.25) is 0 Å². The van der Waals surface area contributed by atoms with Crippen molar-refractivity contribution in [3.63, 3.8) is 0 Å². The molecule has 1 saturated heterocycles. The number of rotatable bonds is 8. The maximum absolute atomic E-state index is 10.0. The number of β-amino-alcohol motifs (C(OH)–C–C–N with tert-alkyl or cyclic N) is 1. The molecule has 0 bridgehead atoms. The van der Waals surface area contributed by atoms with E-state index >= 15 is 0 Å². The third-order valence-corrected chi connectivity index (χ3v) is 4.00. The molecule has 0 amide bonds. The van der Waals surface area contributed by atoms with Gasteiger partial charge >= 0.3 is 0 Å². The van der Waals surface area contributed by atoms with Crippen LogP contribution in [0.2, 0.25) is 0 Å². The Bertz CT molecular complexity index is 203. The van der Waals surface area contributed by atoms with E-state index in [1.807, 2.05) is 0 Å². The molecule has 18 heavy (non-hydrogen) atoms. The fourth-order valence-corrected chi connectivity index (χ4v) is 2.70. The minimum atomic E-state index is -0.216. The average Bonchev–Trinajstić information content (AvgIpc) is 2.32. The van der Waals surface area contributed by atoms with Crippen LogP contribution >= 0.6 is 0 Å². The molecule has 1 aliphatic heterocycles. The first-order chi connectivity index (χ1) is 8.61. The Morgan fingerprint density at radius 1 is 1.28 bits per heavy atom. The number of piperidine rings is 1. The molecule has 0 radical (unpaired) electrons. The van der Waals surface area contributed by atoms with Crippen LogP contribution in [0.4, 0.5) is 0 Å². The van der Waals surface area contributed by atoms with Gasteiger partial charge in [0.05, 0.1) is 6.10 Å². The molecular weight excluding hydrogens is 224 g/mol. The average molecular weight is 256 g/mol. The third kappa shape index (κ3) is 6.72. The van der Waals surface area contributed by atoms with Crippen molar-refractivity contribution in [2.45, 2.75) is 52.6 Å². The molecule has 1 fully saturated rings. The molecule has 108 valence electrons. The zero-order valence-electron chi connectivity index (χ0n) is 12.5. The van der Waals surface area contributed by atoms with E-state index in [2.05, 4.69) is 31.0 Å². The second kappa shape index (κ2) is 8.89. The Labute approximate surface area is 113 Å². The molecule has 0 spiro atoms. The number of likely N-dealkylation sites (tertiary alicyclic amines) is 1. The van der Waals surface area contributed by atoms with Crippen LogP contribution in [0.3, 0.4) is 0 Å². The summed E-state index contributed by atoms with van der Waals surface area (Å²) in [5, 5.41) is 13.4. The van der Waals surface area contributed by atoms with Gasteiger partial charge in [-0.1, -0.05) is 27.2 Å². The Hall–Kier alpha value is -0.120. The van der Waals surface area contributed by atoms with Gasteiger partial charge in [-0.05, 0) is 50.7 Å². The van der Waals surface area contributed by atoms with E-state index in [-0.39, 0.29) is 6.10 Å². The molecule has 0 aromatic rings. The summed E-state index contributed by atoms with van der Waals surface area (Å²) in [4.78, 5) is 2.40. The minimum absolute atomic E-state index is 0.216. The van der Waals surface area contributed by atoms with Gasteiger partial charge in [0.2, 0.25) is 0 Å². The predicted molar refractivity (Wildman–Crippen MR) is 77.8 cm³/mol. The monoisotopic (exact) mass is 256 g/mol. The van der Waals surface area contributed by atoms with Crippen LogP contribution in [0.25, 0.3) is 0 Å². The zero-order chi connectivity index (χ0) is 13.4. The molecule has 2 unspecified atom stereocenters. The topological polar surface area (TPSA) is 35.5 Å². The molecule has 0 aromatic carbocycles. The summed E-state index contributed by atoms with van der Waals surface area (Å²) in [5.74, 6) is 1.59. The third-order valence-electron chi connectivity index (χ3n) is 4.00. The Morgan fingerprint density at radius 2 is 1.94 bits per heavy atom. The number of hydrogen-bond acceptors (Lipinski definition) is 3. The van der Waals surface area contributed by atoms with E-state index in [0.29, 0.717) is 0 Å². The quantitative estimate of drug-likeness (QED) is 0.698. The molecule has 0 saturated carbocycles. The van der Waals surface area contributed by atoms with Crippen molar-refractivity contribution in [2.75, 3.05) is 32.7 Å². The number of aliphatic hydroxyl groups is 1. The lowest BCUT2D eigenvalue weighted by atomic mass is 9.99. The van der Waals surface area contributed by atoms with Gasteiger partial charge in [0.15, 0.2) is 0 Å². The molecule has 0 aliphatic carbocycles. The molecule has 1 aliphatic rings. The lowest BCUT2D eigenvalue weighted by Crippen LogP contribution is -2.42. The van der Waals surface area contributed by atoms with Gasteiger partial charge in [0, 0.05) is 13.1 Å². The highest BCUT2D eigenvalue weighted by molar-refractivity contribution is 4.73. The van der Waals surface area contributed by atoms with E-state index in [9.17, 15) is 5.11 Å². The molecule has 2 N–H and O–H groups in total. The summed E-state index contributed by atoms with van der Waals surface area (Å²) in [6.45, 7) is 11.7. The van der Waals surface area contributed by atoms with Gasteiger partial charge in [-0.15, -0.1) is 0 Å². The first kappa shape index (κ1) is 15.9. The van der Waals surface area contributed by atoms with Crippen molar-refractivity contribution < 1.29 is 5.11 Å². The van der Waals surface area contributed by atoms with Crippen LogP contribution in [-0.2, 0) is 0 Å². The molecule has 1 heterocycles. The van der Waals surface area contributed by atoms with Crippen molar-refractivity contribution in [2.24, 2.45) is 11.8 Å². The molecular formula is C15H32N2O. The highest BCUT2D eigenvalue weighted by atomic mass is 16.3. The van der Waals surface area contributed by atoms with Crippen molar-refractivity contribution in [3.8, 4) is 0 Å². The van der Waals surface area contributed by atoms with Gasteiger partial charge in [0.25, 0.3) is 0 Å². The largest absolute Gasteiger partial charge is 0.390 e. The summed E-state index contributed by atoms with van der Waals surface area (Å²) in [6.07, 6.45) is 4.87. The summed E-state index contributed by atoms with van der Waals surface area (Å²) in [5.41, 5.74) is 0. The molecule has 2 atom stereocenters. The van der Waals surface area contributed by atoms with E-state index in [1.54, 1.807) is 0 Å². The SMILES string of the molecule is CCCC(C)CNCC(O)CN1CCC(C)CC1. The summed E-state index contributed by atoms with van der Waals surface area (Å²) >= 11 is 0. The number of hydrogen-bond donors (Lipinski definition) is 2. The van der Waals surface area contributed by atoms with Crippen molar-refractivity contribution >= 4 is 0 Å². The lowest BCUT2D eigenvalue weighted by molar-refractivity contribution is 0.0902. The van der Waals surface area contributed by atoms with Crippen LogP contribution < -0.4 is 5.32 Å². The number of nitrogens with one attached hydrogen (secondary N) is 1. The summed E-state index contributed by atoms with van der Waals surface area (Å²) < 4.78 is 0. The van der Waals surface area contributed by atoms with Crippen LogP contribution in [0.15, 0.2) is 0 Å². The van der Waals surface area contributed by atoms with Crippen LogP contribution in [0.5, 0.6) is 0 Å². The van der Waals surface area contributed by atoms with E-state index < -0.39 is 0 Å². The van der Waals surface area contributed by atoms with E-state index in [1.165, 1.54) is 25.7 Å². The van der Waals surface area contributed by atoms with Crippen molar-refractivity contribution in [1.29, 1.82) is 0 Å². The number of aliphatic hydroxyl groups excluding tert-OH is 1. The fraction of sp³-hybridized carbons (Fsp3) is 1.00. The van der Waals surface area contributed by atoms with Crippen LogP contribution in [-0.4, -0.2) is 48.8 Å². The van der Waals surface area contributed by atoms with Crippen molar-refractivity contribution in [3.05, 3.63) is 0 Å². The molecule has 3 nitrogen and oxygen atoms in total. The zero-order valence-corrected chi connectivity index (χ0v) is 12.5. The standard InChI is InChI=1S/C15H32N2O/c1-4-5-14(3)10-16-11-15(18)12-17-8-6-13(2)7-9-17/h13-16,18H,4-12H2,1-3H3. The highest BCUT2D eigenvalue weighted by Crippen LogP contribution is 2.15. The van der Waals surface area contributed by atoms with Crippen LogP contribution in [0, 0.1) is 11.8 Å². The molecule has 1 rings (SSSR count). The molecule has 3 heteroatoms. The van der Waals surface area contributed by atoms with Gasteiger partial charge in [0.1, 0.15) is 0 Å². The number of nitrogens with zero attached hydrogens (tertiary/aromatic N) is 1. The Balaban J connectivity index is 2.04. The fourth-order valence-electron chi connectivity index (χ4n) is 2.70. The van der Waals surface area contributed by atoms with Crippen LogP contribution in [0.1, 0.15) is 46.5 Å². The minimum Gasteiger partial charge on any atom is -0.390 e. The second-order valence-electron chi connectivity index (χ2n) is 6.19. The summed E-state index contributed by atoms with van der Waals surface area (Å²) in [6, 6.07) is 0. The normalized spacial score (nSPS) is 22.0. The van der Waals surface area contributed by atoms with Crippen molar-refractivity contribution in [1.82, 2.24) is 10.2 Å². The first-order valence-corrected chi connectivity index (χ1v) is 7.73. The highest BCUT2D eigenvalue weighted by Gasteiger charge is 2.18. The first-order valence-electron chi connectivity index (χ1n) is 7.73. The Kier molecular flexibility index (Phi) is 7.87. The maximum Gasteiger partial charge on any atom is 0.0791 e. The van der Waals surface area contributed by atoms with E-state index in [0.717, 1.165) is 44.6 Å². The smallest absolute Gasteiger partial charge is 0.0791 e. The maximum atomic E-state index is 10.0. The lowest BCUT2D eigenvalue weighted by Gasteiger charge is -2.31. The Morgan fingerprint density at radius 3 is 2.56 bits per heavy atom. The second-order valence-corrected chi connectivity index (χ2v) is 6.19. The van der Waals surface area contributed by atoms with E-state index in [4.69, 9.17) is 0 Å². The summed E-state index contributed by atoms with van der Waals surface area (Å²) in [7, 11) is 0. The van der Waals surface area contributed by atoms with Gasteiger partial charge < -0.3 is 15.3 Å². The predicted octanol–water partition coefficient (Wildman–Crippen LogP) is 2.10. The molecule has 0 aromatic heterocycles. The van der Waals surface area contributed by atoms with Gasteiger partial charge in [-0.25, -0.2) is 0 Å². The van der Waals surface area contributed by atoms with Gasteiger partial charge in [-0.2, -0.15) is 0 Å².